The third-order valence-electron chi connectivity index (χ3n) is 3.87. The molecule has 1 atom stereocenters. The van der Waals surface area contributed by atoms with Gasteiger partial charge in [-0.05, 0) is 12.0 Å². The molecular weight excluding hydrogens is 304 g/mol. The summed E-state index contributed by atoms with van der Waals surface area (Å²) in [5.41, 5.74) is 6.38. The SMILES string of the molecule is CCCCCCCC[C@H](NC(=O)COCc1ccccc1)C(N)=O. The monoisotopic (exact) mass is 334 g/mol. The van der Waals surface area contributed by atoms with Gasteiger partial charge in [0.05, 0.1) is 6.61 Å². The van der Waals surface area contributed by atoms with Gasteiger partial charge in [-0.1, -0.05) is 75.8 Å². The van der Waals surface area contributed by atoms with Crippen LogP contribution >= 0.6 is 0 Å². The number of rotatable bonds is 13. The fourth-order valence-electron chi connectivity index (χ4n) is 2.49. The van der Waals surface area contributed by atoms with Crippen LogP contribution in [0, 0.1) is 0 Å². The molecule has 3 N–H and O–H groups in total. The van der Waals surface area contributed by atoms with Crippen molar-refractivity contribution in [1.29, 1.82) is 0 Å². The highest BCUT2D eigenvalue weighted by atomic mass is 16.5. The van der Waals surface area contributed by atoms with Crippen molar-refractivity contribution >= 4 is 11.8 Å². The number of primary amides is 1. The van der Waals surface area contributed by atoms with Crippen molar-refractivity contribution in [3.63, 3.8) is 0 Å². The number of carbonyl (C=O) groups is 2. The van der Waals surface area contributed by atoms with E-state index in [2.05, 4.69) is 12.2 Å². The maximum Gasteiger partial charge on any atom is 0.246 e. The molecule has 0 heterocycles. The van der Waals surface area contributed by atoms with Crippen molar-refractivity contribution in [3.05, 3.63) is 35.9 Å². The van der Waals surface area contributed by atoms with E-state index in [-0.39, 0.29) is 12.5 Å². The number of amides is 2. The normalized spacial score (nSPS) is 11.9. The quantitative estimate of drug-likeness (QED) is 0.544. The van der Waals surface area contributed by atoms with Gasteiger partial charge in [-0.3, -0.25) is 9.59 Å². The summed E-state index contributed by atoms with van der Waals surface area (Å²) in [4.78, 5) is 23.3. The zero-order chi connectivity index (χ0) is 17.6. The fraction of sp³-hybridized carbons (Fsp3) is 0.579. The molecule has 0 bridgehead atoms. The third-order valence-corrected chi connectivity index (χ3v) is 3.87. The fourth-order valence-corrected chi connectivity index (χ4v) is 2.49. The van der Waals surface area contributed by atoms with E-state index in [0.717, 1.165) is 24.8 Å². The molecule has 0 unspecified atom stereocenters. The van der Waals surface area contributed by atoms with Crippen molar-refractivity contribution in [3.8, 4) is 0 Å². The third kappa shape index (κ3) is 9.30. The molecule has 1 aromatic rings. The van der Waals surface area contributed by atoms with E-state index in [4.69, 9.17) is 10.5 Å². The Balaban J connectivity index is 2.21. The smallest absolute Gasteiger partial charge is 0.246 e. The van der Waals surface area contributed by atoms with Crippen LogP contribution in [0.3, 0.4) is 0 Å². The number of unbranched alkanes of at least 4 members (excludes halogenated alkanes) is 5. The number of nitrogens with two attached hydrogens (primary N) is 1. The second-order valence-electron chi connectivity index (χ2n) is 6.06. The van der Waals surface area contributed by atoms with E-state index in [9.17, 15) is 9.59 Å². The lowest BCUT2D eigenvalue weighted by atomic mass is 10.1. The van der Waals surface area contributed by atoms with Crippen LogP contribution in [0.4, 0.5) is 0 Å². The lowest BCUT2D eigenvalue weighted by Gasteiger charge is -2.15. The van der Waals surface area contributed by atoms with E-state index < -0.39 is 11.9 Å². The minimum Gasteiger partial charge on any atom is -0.368 e. The molecule has 0 aromatic heterocycles. The molecule has 0 fully saturated rings. The summed E-state index contributed by atoms with van der Waals surface area (Å²) in [6, 6.07) is 9.02. The summed E-state index contributed by atoms with van der Waals surface area (Å²) in [5.74, 6) is -0.791. The summed E-state index contributed by atoms with van der Waals surface area (Å²) in [6.45, 7) is 2.47. The van der Waals surface area contributed by atoms with Crippen LogP contribution in [0.15, 0.2) is 30.3 Å². The van der Waals surface area contributed by atoms with Gasteiger partial charge in [0.2, 0.25) is 11.8 Å². The first-order valence-corrected chi connectivity index (χ1v) is 8.83. The van der Waals surface area contributed by atoms with E-state index in [1.807, 2.05) is 30.3 Å². The average Bonchev–Trinajstić information content (AvgIpc) is 2.57. The van der Waals surface area contributed by atoms with Crippen molar-refractivity contribution in [2.24, 2.45) is 5.73 Å². The minimum atomic E-state index is -0.607. The van der Waals surface area contributed by atoms with Crippen molar-refractivity contribution < 1.29 is 14.3 Å². The summed E-state index contributed by atoms with van der Waals surface area (Å²) >= 11 is 0. The second kappa shape index (κ2) is 12.5. The summed E-state index contributed by atoms with van der Waals surface area (Å²) in [5, 5.41) is 2.67. The molecular formula is C19H30N2O3. The number of hydrogen-bond donors (Lipinski definition) is 2. The van der Waals surface area contributed by atoms with Crippen LogP contribution < -0.4 is 11.1 Å². The highest BCUT2D eigenvalue weighted by Crippen LogP contribution is 2.08. The predicted molar refractivity (Wildman–Crippen MR) is 95.2 cm³/mol. The molecule has 0 radical (unpaired) electrons. The molecule has 0 aliphatic rings. The van der Waals surface area contributed by atoms with E-state index in [1.165, 1.54) is 19.3 Å². The molecule has 134 valence electrons. The van der Waals surface area contributed by atoms with Crippen LogP contribution in [0.2, 0.25) is 0 Å². The highest BCUT2D eigenvalue weighted by molar-refractivity contribution is 5.86. The number of ether oxygens (including phenoxy) is 1. The summed E-state index contributed by atoms with van der Waals surface area (Å²) in [7, 11) is 0. The predicted octanol–water partition coefficient (Wildman–Crippen LogP) is 2.92. The Morgan fingerprint density at radius 1 is 1.08 bits per heavy atom. The van der Waals surface area contributed by atoms with Crippen LogP contribution in [0.25, 0.3) is 0 Å². The summed E-state index contributed by atoms with van der Waals surface area (Å²) < 4.78 is 5.37. The molecule has 0 aliphatic heterocycles. The lowest BCUT2D eigenvalue weighted by Crippen LogP contribution is -2.45. The summed E-state index contributed by atoms with van der Waals surface area (Å²) in [6.07, 6.45) is 7.38. The van der Waals surface area contributed by atoms with E-state index in [1.54, 1.807) is 0 Å². The molecule has 2 amide bonds. The number of nitrogens with one attached hydrogen (secondary N) is 1. The molecule has 24 heavy (non-hydrogen) atoms. The van der Waals surface area contributed by atoms with Crippen molar-refractivity contribution in [2.75, 3.05) is 6.61 Å². The second-order valence-corrected chi connectivity index (χ2v) is 6.06. The number of carbonyl (C=O) groups excluding carboxylic acids is 2. The van der Waals surface area contributed by atoms with E-state index in [0.29, 0.717) is 13.0 Å². The van der Waals surface area contributed by atoms with Crippen LogP contribution in [-0.4, -0.2) is 24.5 Å². The number of benzene rings is 1. The van der Waals surface area contributed by atoms with Gasteiger partial charge in [-0.15, -0.1) is 0 Å². The van der Waals surface area contributed by atoms with Crippen molar-refractivity contribution in [1.82, 2.24) is 5.32 Å². The molecule has 0 aliphatic carbocycles. The molecule has 1 rings (SSSR count). The largest absolute Gasteiger partial charge is 0.368 e. The maximum atomic E-state index is 11.9. The van der Waals surface area contributed by atoms with Gasteiger partial charge < -0.3 is 15.8 Å². The standard InChI is InChI=1S/C19H30N2O3/c1-2-3-4-5-6-10-13-17(19(20)23)21-18(22)15-24-14-16-11-8-7-9-12-16/h7-9,11-12,17H,2-6,10,13-15H2,1H3,(H2,20,23)(H,21,22)/t17-/m0/s1. The Labute approximate surface area is 145 Å². The Hall–Kier alpha value is -1.88. The van der Waals surface area contributed by atoms with Crippen LogP contribution in [0.5, 0.6) is 0 Å². The van der Waals surface area contributed by atoms with Gasteiger partial charge >= 0.3 is 0 Å². The van der Waals surface area contributed by atoms with Crippen molar-refractivity contribution in [2.45, 2.75) is 64.5 Å². The Morgan fingerprint density at radius 2 is 1.75 bits per heavy atom. The average molecular weight is 334 g/mol. The lowest BCUT2D eigenvalue weighted by molar-refractivity contribution is -0.130. The zero-order valence-electron chi connectivity index (χ0n) is 14.6. The molecule has 0 saturated heterocycles. The highest BCUT2D eigenvalue weighted by Gasteiger charge is 2.17. The van der Waals surface area contributed by atoms with Crippen LogP contribution in [-0.2, 0) is 20.9 Å². The van der Waals surface area contributed by atoms with Gasteiger partial charge in [-0.2, -0.15) is 0 Å². The molecule has 0 saturated carbocycles. The zero-order valence-corrected chi connectivity index (χ0v) is 14.6. The van der Waals surface area contributed by atoms with Gasteiger partial charge in [0.15, 0.2) is 0 Å². The van der Waals surface area contributed by atoms with Crippen LogP contribution in [0.1, 0.15) is 57.4 Å². The van der Waals surface area contributed by atoms with Gasteiger partial charge in [-0.25, -0.2) is 0 Å². The molecule has 0 spiro atoms. The van der Waals surface area contributed by atoms with E-state index >= 15 is 0 Å². The number of hydrogen-bond acceptors (Lipinski definition) is 3. The van der Waals surface area contributed by atoms with Gasteiger partial charge in [0.1, 0.15) is 12.6 Å². The first-order chi connectivity index (χ1) is 11.6. The Morgan fingerprint density at radius 3 is 2.42 bits per heavy atom. The first-order valence-electron chi connectivity index (χ1n) is 8.83. The van der Waals surface area contributed by atoms with Gasteiger partial charge in [0.25, 0.3) is 0 Å². The topological polar surface area (TPSA) is 81.4 Å². The molecule has 5 nitrogen and oxygen atoms in total. The minimum absolute atomic E-state index is 0.0742. The molecule has 5 heteroatoms. The Kier molecular flexibility index (Phi) is 10.5. The molecule has 1 aromatic carbocycles. The maximum absolute atomic E-state index is 11.9. The van der Waals surface area contributed by atoms with Gasteiger partial charge in [0, 0.05) is 0 Å². The Bertz CT molecular complexity index is 477. The first kappa shape index (κ1) is 20.2.